The first kappa shape index (κ1) is 24.1. The molecule has 1 aliphatic heterocycles. The minimum atomic E-state index is -3.87. The number of rotatable bonds is 8. The second kappa shape index (κ2) is 10.5. The van der Waals surface area contributed by atoms with Gasteiger partial charge in [0.1, 0.15) is 5.82 Å². The minimum Gasteiger partial charge on any atom is -0.330 e. The first-order valence-corrected chi connectivity index (χ1v) is 13.2. The summed E-state index contributed by atoms with van der Waals surface area (Å²) in [6, 6.07) is 16.8. The number of hydrogen-bond acceptors (Lipinski definition) is 4. The van der Waals surface area contributed by atoms with Gasteiger partial charge in [-0.25, -0.2) is 12.8 Å². The van der Waals surface area contributed by atoms with Gasteiger partial charge in [0, 0.05) is 23.4 Å². The molecule has 1 aromatic heterocycles. The predicted octanol–water partition coefficient (Wildman–Crippen LogP) is 4.85. The van der Waals surface area contributed by atoms with Crippen LogP contribution in [0.3, 0.4) is 0 Å². The largest absolute Gasteiger partial charge is 0.330 e. The lowest BCUT2D eigenvalue weighted by Crippen LogP contribution is -2.46. The van der Waals surface area contributed by atoms with Gasteiger partial charge < -0.3 is 4.90 Å². The minimum absolute atomic E-state index is 0.00591. The molecule has 0 N–H and O–H groups in total. The summed E-state index contributed by atoms with van der Waals surface area (Å²) in [4.78, 5) is 16.3. The summed E-state index contributed by atoms with van der Waals surface area (Å²) < 4.78 is 40.8. The van der Waals surface area contributed by atoms with E-state index in [0.717, 1.165) is 26.4 Å². The Morgan fingerprint density at radius 2 is 1.88 bits per heavy atom. The molecular formula is C26H25FN2O3S2. The Morgan fingerprint density at radius 3 is 2.59 bits per heavy atom. The van der Waals surface area contributed by atoms with E-state index in [9.17, 15) is 17.6 Å². The lowest BCUT2D eigenvalue weighted by atomic mass is 9.93. The summed E-state index contributed by atoms with van der Waals surface area (Å²) in [6.07, 6.45) is 3.67. The number of nitrogens with zero attached hydrogens (tertiary/aromatic N) is 2. The third-order valence-electron chi connectivity index (χ3n) is 5.71. The SMILES string of the molecule is C=CCN(CC(=O)N1CCc2sccc2C1c1ccc(F)cc1)S(=O)(=O)C=Cc1ccccc1. The van der Waals surface area contributed by atoms with E-state index in [2.05, 4.69) is 6.58 Å². The standard InChI is InChI=1S/C26H25FN2O3S2/c1-2-15-28(34(31,32)18-14-20-6-4-3-5-7-20)19-25(30)29-16-12-24-23(13-17-33-24)26(29)21-8-10-22(27)11-9-21/h2-11,13-14,17-18,26H,1,12,15-16,19H2. The molecule has 0 saturated carbocycles. The van der Waals surface area contributed by atoms with Crippen LogP contribution in [0.5, 0.6) is 0 Å². The number of sulfonamides is 1. The summed E-state index contributed by atoms with van der Waals surface area (Å²) >= 11 is 1.63. The van der Waals surface area contributed by atoms with E-state index in [0.29, 0.717) is 13.0 Å². The zero-order valence-electron chi connectivity index (χ0n) is 18.5. The number of carbonyl (C=O) groups is 1. The van der Waals surface area contributed by atoms with Gasteiger partial charge in [-0.05, 0) is 52.8 Å². The highest BCUT2D eigenvalue weighted by molar-refractivity contribution is 7.92. The van der Waals surface area contributed by atoms with Gasteiger partial charge in [0.05, 0.1) is 12.6 Å². The number of thiophene rings is 1. The van der Waals surface area contributed by atoms with Crippen LogP contribution in [0, 0.1) is 5.82 Å². The summed E-state index contributed by atoms with van der Waals surface area (Å²) in [5.74, 6) is -0.666. The molecule has 1 amide bonds. The summed E-state index contributed by atoms with van der Waals surface area (Å²) in [7, 11) is -3.87. The molecule has 2 aromatic carbocycles. The molecule has 0 saturated heterocycles. The number of fused-ring (bicyclic) bond motifs is 1. The fraction of sp³-hybridized carbons (Fsp3) is 0.192. The Bertz CT molecular complexity index is 1290. The lowest BCUT2D eigenvalue weighted by Gasteiger charge is -2.37. The summed E-state index contributed by atoms with van der Waals surface area (Å²) in [6.45, 7) is 3.80. The van der Waals surface area contributed by atoms with Crippen molar-refractivity contribution in [2.24, 2.45) is 0 Å². The Kier molecular flexibility index (Phi) is 7.41. The van der Waals surface area contributed by atoms with Gasteiger partial charge in [0.25, 0.3) is 0 Å². The Morgan fingerprint density at radius 1 is 1.15 bits per heavy atom. The maximum Gasteiger partial charge on any atom is 0.238 e. The maximum atomic E-state index is 13.6. The van der Waals surface area contributed by atoms with Crippen molar-refractivity contribution in [3.8, 4) is 0 Å². The monoisotopic (exact) mass is 496 g/mol. The first-order chi connectivity index (χ1) is 16.4. The molecule has 5 nitrogen and oxygen atoms in total. The van der Waals surface area contributed by atoms with Crippen molar-refractivity contribution in [2.45, 2.75) is 12.5 Å². The normalized spacial score (nSPS) is 16.1. The van der Waals surface area contributed by atoms with Crippen LogP contribution in [0.2, 0.25) is 0 Å². The zero-order chi connectivity index (χ0) is 24.1. The van der Waals surface area contributed by atoms with Gasteiger partial charge in [0.15, 0.2) is 0 Å². The molecule has 8 heteroatoms. The molecule has 4 rings (SSSR count). The molecule has 0 bridgehead atoms. The number of benzene rings is 2. The van der Waals surface area contributed by atoms with Crippen LogP contribution in [0.25, 0.3) is 6.08 Å². The second-order valence-electron chi connectivity index (χ2n) is 7.93. The molecule has 0 fully saturated rings. The maximum absolute atomic E-state index is 13.6. The van der Waals surface area contributed by atoms with Crippen LogP contribution in [-0.2, 0) is 21.2 Å². The molecule has 0 spiro atoms. The zero-order valence-corrected chi connectivity index (χ0v) is 20.1. The fourth-order valence-electron chi connectivity index (χ4n) is 4.05. The predicted molar refractivity (Wildman–Crippen MR) is 134 cm³/mol. The highest BCUT2D eigenvalue weighted by Gasteiger charge is 2.34. The topological polar surface area (TPSA) is 57.7 Å². The van der Waals surface area contributed by atoms with Gasteiger partial charge >= 0.3 is 0 Å². The van der Waals surface area contributed by atoms with Crippen molar-refractivity contribution < 1.29 is 17.6 Å². The molecule has 1 aliphatic rings. The van der Waals surface area contributed by atoms with Crippen molar-refractivity contribution in [1.82, 2.24) is 9.21 Å². The second-order valence-corrected chi connectivity index (χ2v) is 10.7. The van der Waals surface area contributed by atoms with Crippen LogP contribution in [0.1, 0.15) is 27.6 Å². The third kappa shape index (κ3) is 5.35. The van der Waals surface area contributed by atoms with Gasteiger partial charge in [-0.15, -0.1) is 17.9 Å². The van der Waals surface area contributed by atoms with Gasteiger partial charge in [0.2, 0.25) is 15.9 Å². The first-order valence-electron chi connectivity index (χ1n) is 10.8. The van der Waals surface area contributed by atoms with E-state index in [1.165, 1.54) is 29.2 Å². The van der Waals surface area contributed by atoms with Crippen LogP contribution in [0.15, 0.2) is 84.1 Å². The van der Waals surface area contributed by atoms with Gasteiger partial charge in [-0.3, -0.25) is 4.79 Å². The summed E-state index contributed by atoms with van der Waals surface area (Å²) in [5.41, 5.74) is 2.53. The van der Waals surface area contributed by atoms with Crippen molar-refractivity contribution in [3.63, 3.8) is 0 Å². The molecule has 176 valence electrons. The van der Waals surface area contributed by atoms with Crippen LogP contribution in [0.4, 0.5) is 4.39 Å². The van der Waals surface area contributed by atoms with E-state index in [1.54, 1.807) is 40.5 Å². The van der Waals surface area contributed by atoms with Crippen molar-refractivity contribution in [1.29, 1.82) is 0 Å². The number of carbonyl (C=O) groups excluding carboxylic acids is 1. The fourth-order valence-corrected chi connectivity index (χ4v) is 6.06. The van der Waals surface area contributed by atoms with Crippen LogP contribution >= 0.6 is 11.3 Å². The molecule has 3 aromatic rings. The van der Waals surface area contributed by atoms with Gasteiger partial charge in [-0.2, -0.15) is 4.31 Å². The molecule has 0 radical (unpaired) electrons. The van der Waals surface area contributed by atoms with E-state index < -0.39 is 16.1 Å². The molecule has 1 atom stereocenters. The molecule has 1 unspecified atom stereocenters. The Hall–Kier alpha value is -3.07. The number of hydrogen-bond donors (Lipinski definition) is 0. The average Bonchev–Trinajstić information content (AvgIpc) is 3.32. The number of amides is 1. The lowest BCUT2D eigenvalue weighted by molar-refractivity contribution is -0.133. The molecular weight excluding hydrogens is 471 g/mol. The molecule has 2 heterocycles. The van der Waals surface area contributed by atoms with Crippen molar-refractivity contribution in [3.05, 3.63) is 111 Å². The third-order valence-corrected chi connectivity index (χ3v) is 8.18. The van der Waals surface area contributed by atoms with E-state index in [-0.39, 0.29) is 24.8 Å². The van der Waals surface area contributed by atoms with Crippen molar-refractivity contribution in [2.75, 3.05) is 19.6 Å². The molecule has 0 aliphatic carbocycles. The Labute approximate surface area is 203 Å². The van der Waals surface area contributed by atoms with E-state index >= 15 is 0 Å². The van der Waals surface area contributed by atoms with E-state index in [1.807, 2.05) is 29.6 Å². The smallest absolute Gasteiger partial charge is 0.238 e. The van der Waals surface area contributed by atoms with Crippen molar-refractivity contribution >= 4 is 33.3 Å². The molecule has 34 heavy (non-hydrogen) atoms. The van der Waals surface area contributed by atoms with Crippen LogP contribution in [-0.4, -0.2) is 43.2 Å². The van der Waals surface area contributed by atoms with E-state index in [4.69, 9.17) is 0 Å². The highest BCUT2D eigenvalue weighted by Crippen LogP contribution is 2.38. The number of halogens is 1. The highest BCUT2D eigenvalue weighted by atomic mass is 32.2. The van der Waals surface area contributed by atoms with Gasteiger partial charge in [-0.1, -0.05) is 48.5 Å². The Balaban J connectivity index is 1.60. The van der Waals surface area contributed by atoms with Crippen LogP contribution < -0.4 is 0 Å². The average molecular weight is 497 g/mol. The summed E-state index contributed by atoms with van der Waals surface area (Å²) in [5, 5.41) is 3.10. The quantitative estimate of drug-likeness (QED) is 0.419.